The van der Waals surface area contributed by atoms with E-state index in [9.17, 15) is 25.0 Å². The van der Waals surface area contributed by atoms with Crippen LogP contribution in [-0.4, -0.2) is 38.8 Å². The first-order valence-electron chi connectivity index (χ1n) is 9.51. The Morgan fingerprint density at radius 3 is 2.52 bits per heavy atom. The Balaban J connectivity index is 1.81. The highest BCUT2D eigenvalue weighted by atomic mass is 16.6. The van der Waals surface area contributed by atoms with Crippen LogP contribution in [0.25, 0.3) is 0 Å². The molecule has 0 unspecified atom stereocenters. The van der Waals surface area contributed by atoms with Gasteiger partial charge in [-0.25, -0.2) is 5.43 Å². The second-order valence-electron chi connectivity index (χ2n) is 6.54. The van der Waals surface area contributed by atoms with Crippen molar-refractivity contribution in [3.8, 4) is 17.2 Å². The zero-order valence-electron chi connectivity index (χ0n) is 17.5. The molecule has 0 aliphatic rings. The monoisotopic (exact) mass is 454 g/mol. The highest BCUT2D eigenvalue weighted by Crippen LogP contribution is 2.38. The van der Waals surface area contributed by atoms with Crippen molar-refractivity contribution < 1.29 is 24.1 Å². The van der Waals surface area contributed by atoms with Crippen molar-refractivity contribution in [1.29, 1.82) is 0 Å². The lowest BCUT2D eigenvalue weighted by atomic mass is 10.2. The number of H-pyrrole nitrogens is 1. The normalized spacial score (nSPS) is 10.7. The lowest BCUT2D eigenvalue weighted by Gasteiger charge is -2.12. The van der Waals surface area contributed by atoms with Crippen molar-refractivity contribution in [3.05, 3.63) is 79.6 Å². The van der Waals surface area contributed by atoms with E-state index in [1.807, 2.05) is 0 Å². The second kappa shape index (κ2) is 10.00. The summed E-state index contributed by atoms with van der Waals surface area (Å²) in [5, 5.41) is 32.6. The highest BCUT2D eigenvalue weighted by Gasteiger charge is 2.22. The van der Waals surface area contributed by atoms with Gasteiger partial charge in [-0.2, -0.15) is 10.2 Å². The fourth-order valence-electron chi connectivity index (χ4n) is 2.68. The smallest absolute Gasteiger partial charge is 0.318 e. The van der Waals surface area contributed by atoms with Crippen LogP contribution in [0.5, 0.6) is 17.2 Å². The van der Waals surface area contributed by atoms with Gasteiger partial charge in [0, 0.05) is 11.8 Å². The van der Waals surface area contributed by atoms with Gasteiger partial charge in [0.25, 0.3) is 11.6 Å². The molecule has 0 aliphatic carbocycles. The summed E-state index contributed by atoms with van der Waals surface area (Å²) in [6, 6.07) is 9.28. The number of nitrogens with one attached hydrogen (secondary N) is 2. The van der Waals surface area contributed by atoms with E-state index in [0.717, 1.165) is 23.9 Å². The molecule has 1 amide bonds. The number of carbonyl (C=O) groups excluding carboxylic acids is 1. The van der Waals surface area contributed by atoms with Crippen molar-refractivity contribution in [3.63, 3.8) is 0 Å². The molecule has 0 radical (unpaired) electrons. The van der Waals surface area contributed by atoms with Crippen LogP contribution in [-0.2, 0) is 0 Å². The molecule has 0 spiro atoms. The van der Waals surface area contributed by atoms with Gasteiger partial charge in [0.1, 0.15) is 0 Å². The van der Waals surface area contributed by atoms with Gasteiger partial charge in [0.05, 0.1) is 28.7 Å². The van der Waals surface area contributed by atoms with Crippen molar-refractivity contribution in [2.75, 3.05) is 6.61 Å². The maximum Gasteiger partial charge on any atom is 0.318 e. The molecule has 13 heteroatoms. The SMILES string of the molecule is CCOc1cc(/C=N\NC(=O)c2cc(C)[nH]n2)ccc1Oc1ccc([N+](=O)[O-])cc1[N+](=O)[O-]. The maximum atomic E-state index is 12.0. The number of hydrogen-bond acceptors (Lipinski definition) is 9. The first-order valence-corrected chi connectivity index (χ1v) is 9.51. The van der Waals surface area contributed by atoms with Gasteiger partial charge in [-0.1, -0.05) is 0 Å². The summed E-state index contributed by atoms with van der Waals surface area (Å²) >= 11 is 0. The largest absolute Gasteiger partial charge is 0.490 e. The lowest BCUT2D eigenvalue weighted by molar-refractivity contribution is -0.394. The molecule has 0 atom stereocenters. The fraction of sp³-hybridized carbons (Fsp3) is 0.150. The van der Waals surface area contributed by atoms with Gasteiger partial charge in [0.2, 0.25) is 5.75 Å². The van der Waals surface area contributed by atoms with Gasteiger partial charge < -0.3 is 9.47 Å². The number of aromatic nitrogens is 2. The maximum absolute atomic E-state index is 12.0. The predicted molar refractivity (Wildman–Crippen MR) is 116 cm³/mol. The van der Waals surface area contributed by atoms with E-state index in [1.54, 1.807) is 32.0 Å². The lowest BCUT2D eigenvalue weighted by Crippen LogP contribution is -2.18. The number of aryl methyl sites for hydroxylation is 1. The minimum absolute atomic E-state index is 0.155. The summed E-state index contributed by atoms with van der Waals surface area (Å²) in [6.07, 6.45) is 1.37. The van der Waals surface area contributed by atoms with E-state index < -0.39 is 27.1 Å². The minimum atomic E-state index is -0.771. The van der Waals surface area contributed by atoms with E-state index in [2.05, 4.69) is 20.7 Å². The van der Waals surface area contributed by atoms with E-state index in [4.69, 9.17) is 9.47 Å². The van der Waals surface area contributed by atoms with E-state index in [-0.39, 0.29) is 29.5 Å². The molecular weight excluding hydrogens is 436 g/mol. The molecule has 0 saturated heterocycles. The van der Waals surface area contributed by atoms with Crippen LogP contribution in [0.3, 0.4) is 0 Å². The zero-order valence-corrected chi connectivity index (χ0v) is 17.5. The number of nitro groups is 2. The Morgan fingerprint density at radius 2 is 1.88 bits per heavy atom. The molecule has 33 heavy (non-hydrogen) atoms. The third kappa shape index (κ3) is 5.66. The second-order valence-corrected chi connectivity index (χ2v) is 6.54. The van der Waals surface area contributed by atoms with Gasteiger partial charge in [-0.3, -0.25) is 30.1 Å². The number of carbonyl (C=O) groups is 1. The highest BCUT2D eigenvalue weighted by molar-refractivity contribution is 5.93. The van der Waals surface area contributed by atoms with Gasteiger partial charge in [-0.15, -0.1) is 0 Å². The summed E-state index contributed by atoms with van der Waals surface area (Å²) in [5.41, 5.74) is 2.82. The first-order chi connectivity index (χ1) is 15.8. The standard InChI is InChI=1S/C20H18N6O7/c1-3-32-19-9-13(11-21-24-20(27)15-8-12(2)22-23-15)4-6-18(19)33-17-7-5-14(25(28)29)10-16(17)26(30)31/h4-11H,3H2,1-2H3,(H,22,23)(H,24,27)/b21-11-. The van der Waals surface area contributed by atoms with Gasteiger partial charge in [0.15, 0.2) is 17.2 Å². The molecule has 2 aromatic carbocycles. The Labute approximate surface area is 186 Å². The van der Waals surface area contributed by atoms with Crippen molar-refractivity contribution in [1.82, 2.24) is 15.6 Å². The molecule has 0 bridgehead atoms. The van der Waals surface area contributed by atoms with Crippen LogP contribution in [0.15, 0.2) is 47.6 Å². The topological polar surface area (TPSA) is 175 Å². The van der Waals surface area contributed by atoms with E-state index in [1.165, 1.54) is 12.3 Å². The van der Waals surface area contributed by atoms with Crippen LogP contribution in [0.4, 0.5) is 11.4 Å². The molecule has 0 aliphatic heterocycles. The Bertz CT molecular complexity index is 1240. The number of amides is 1. The van der Waals surface area contributed by atoms with E-state index >= 15 is 0 Å². The van der Waals surface area contributed by atoms with Crippen molar-refractivity contribution in [2.24, 2.45) is 5.10 Å². The summed E-state index contributed by atoms with van der Waals surface area (Å²) in [4.78, 5) is 32.7. The third-order valence-corrected chi connectivity index (χ3v) is 4.16. The van der Waals surface area contributed by atoms with Crippen LogP contribution in [0.2, 0.25) is 0 Å². The van der Waals surface area contributed by atoms with Gasteiger partial charge >= 0.3 is 5.69 Å². The Kier molecular flexibility index (Phi) is 6.93. The third-order valence-electron chi connectivity index (χ3n) is 4.16. The van der Waals surface area contributed by atoms with Crippen LogP contribution >= 0.6 is 0 Å². The molecule has 1 heterocycles. The number of nitro benzene ring substituents is 2. The number of nitrogens with zero attached hydrogens (tertiary/aromatic N) is 4. The number of hydrogen-bond donors (Lipinski definition) is 2. The average molecular weight is 454 g/mol. The molecule has 1 aromatic heterocycles. The number of aromatic amines is 1. The van der Waals surface area contributed by atoms with Gasteiger partial charge in [-0.05, 0) is 49.7 Å². The number of benzene rings is 2. The zero-order chi connectivity index (χ0) is 24.0. The van der Waals surface area contributed by atoms with Crippen molar-refractivity contribution in [2.45, 2.75) is 13.8 Å². The minimum Gasteiger partial charge on any atom is -0.490 e. The molecule has 170 valence electrons. The molecule has 3 aromatic rings. The first kappa shape index (κ1) is 22.9. The predicted octanol–water partition coefficient (Wildman–Crippen LogP) is 3.49. The van der Waals surface area contributed by atoms with Crippen LogP contribution < -0.4 is 14.9 Å². The summed E-state index contributed by atoms with van der Waals surface area (Å²) in [5.74, 6) is -0.272. The summed E-state index contributed by atoms with van der Waals surface area (Å²) in [7, 11) is 0. The number of hydrazone groups is 1. The van der Waals surface area contributed by atoms with Crippen LogP contribution in [0, 0.1) is 27.2 Å². The number of rotatable bonds is 9. The molecular formula is C20H18N6O7. The average Bonchev–Trinajstić information content (AvgIpc) is 3.22. The Hall–Kier alpha value is -4.81. The number of ether oxygens (including phenoxy) is 2. The molecule has 0 saturated carbocycles. The van der Waals surface area contributed by atoms with E-state index in [0.29, 0.717) is 5.56 Å². The van der Waals surface area contributed by atoms with Crippen molar-refractivity contribution >= 4 is 23.5 Å². The van der Waals surface area contributed by atoms with Crippen LogP contribution in [0.1, 0.15) is 28.7 Å². The fourth-order valence-corrected chi connectivity index (χ4v) is 2.68. The molecule has 13 nitrogen and oxygen atoms in total. The summed E-state index contributed by atoms with van der Waals surface area (Å²) < 4.78 is 11.2. The number of non-ortho nitro benzene ring substituents is 1. The Morgan fingerprint density at radius 1 is 1.12 bits per heavy atom. The summed E-state index contributed by atoms with van der Waals surface area (Å²) in [6.45, 7) is 3.77. The quantitative estimate of drug-likeness (QED) is 0.280. The molecule has 0 fully saturated rings. The molecule has 3 rings (SSSR count). The molecule has 2 N–H and O–H groups in total.